The van der Waals surface area contributed by atoms with Gasteiger partial charge in [0.1, 0.15) is 6.10 Å². The van der Waals surface area contributed by atoms with E-state index in [1.165, 1.54) is 0 Å². The highest BCUT2D eigenvalue weighted by molar-refractivity contribution is 7.59. The minimum atomic E-state index is -3.11. The summed E-state index contributed by atoms with van der Waals surface area (Å²) in [4.78, 5) is 0. The van der Waals surface area contributed by atoms with Crippen LogP contribution in [0.2, 0.25) is 0 Å². The zero-order valence-corrected chi connectivity index (χ0v) is 13.4. The fraction of sp³-hybridized carbons (Fsp3) is 1.00. The molecule has 1 aliphatic rings. The third-order valence-electron chi connectivity index (χ3n) is 4.03. The van der Waals surface area contributed by atoms with Crippen LogP contribution in [-0.4, -0.2) is 98.2 Å². The topological polar surface area (TPSA) is 216 Å². The third-order valence-corrected chi connectivity index (χ3v) is 4.03. The number of hydrogen-bond acceptors (Lipinski definition) is 11. The largest absolute Gasteiger partial charge is 0.848 e. The standard InChI is InChI=1S/C12H23O8.O3S/c13-3-6-5(1-7(15)10(6)18)2-8(16)11(19)12(20)9(17)4-14;1-4(2)3/h5-18,20H,1-4H2;/q-1;/t5-,6-,7+,8-,9+,10+,11+,12+;/m0./s1. The maximum absolute atomic E-state index is 11.7. The summed E-state index contributed by atoms with van der Waals surface area (Å²) < 4.78 is 25.3. The summed E-state index contributed by atoms with van der Waals surface area (Å²) >= 11 is 0. The molecule has 0 aromatic heterocycles. The molecule has 0 heterocycles. The molecule has 1 saturated carbocycles. The average Bonchev–Trinajstić information content (AvgIpc) is 2.78. The molecule has 7 N–H and O–H groups in total. The SMILES string of the molecule is O=S(=O)=O.[O-][C@@H]([C@H](O)[C@H](O)CO)[C@@H](O)C[C@@H]1C[C@@H](O)[C@H](O)[C@H]1CO. The molecule has 0 bridgehead atoms. The number of aliphatic hydroxyl groups excluding tert-OH is 7. The first-order chi connectivity index (χ1) is 11.1. The van der Waals surface area contributed by atoms with Crippen LogP contribution in [-0.2, 0) is 10.6 Å². The van der Waals surface area contributed by atoms with Crippen LogP contribution in [0.3, 0.4) is 0 Å². The summed E-state index contributed by atoms with van der Waals surface area (Å²) in [6.07, 6.45) is -9.04. The third kappa shape index (κ3) is 7.04. The maximum Gasteiger partial charge on any atom is 0.425 e. The van der Waals surface area contributed by atoms with Crippen LogP contribution in [0.15, 0.2) is 0 Å². The summed E-state index contributed by atoms with van der Waals surface area (Å²) in [5.74, 6) is -1.11. The lowest BCUT2D eigenvalue weighted by atomic mass is 9.87. The summed E-state index contributed by atoms with van der Waals surface area (Å²) in [6, 6.07) is 0. The molecule has 1 aliphatic carbocycles. The van der Waals surface area contributed by atoms with Crippen LogP contribution in [0.4, 0.5) is 0 Å². The molecular weight excluding hydrogens is 352 g/mol. The van der Waals surface area contributed by atoms with Crippen LogP contribution in [0.5, 0.6) is 0 Å². The lowest BCUT2D eigenvalue weighted by Crippen LogP contribution is -2.54. The van der Waals surface area contributed by atoms with Crippen LogP contribution in [0.25, 0.3) is 0 Å². The van der Waals surface area contributed by atoms with Crippen molar-refractivity contribution in [3.05, 3.63) is 0 Å². The zero-order valence-electron chi connectivity index (χ0n) is 12.6. The predicted octanol–water partition coefficient (Wildman–Crippen LogP) is -5.47. The van der Waals surface area contributed by atoms with E-state index in [1.54, 1.807) is 0 Å². The summed E-state index contributed by atoms with van der Waals surface area (Å²) in [6.45, 7) is -1.19. The first-order valence-corrected chi connectivity index (χ1v) is 8.11. The quantitative estimate of drug-likeness (QED) is 0.223. The minimum Gasteiger partial charge on any atom is -0.848 e. The van der Waals surface area contributed by atoms with Gasteiger partial charge in [-0.05, 0) is 18.8 Å². The van der Waals surface area contributed by atoms with Crippen LogP contribution in [0.1, 0.15) is 12.8 Å². The molecule has 0 unspecified atom stereocenters. The van der Waals surface area contributed by atoms with Crippen molar-refractivity contribution < 1.29 is 53.5 Å². The Morgan fingerprint density at radius 1 is 1.04 bits per heavy atom. The number of rotatable bonds is 7. The van der Waals surface area contributed by atoms with Gasteiger partial charge in [-0.15, -0.1) is 12.6 Å². The zero-order chi connectivity index (χ0) is 19.0. The molecule has 1 fully saturated rings. The number of hydrogen-bond donors (Lipinski definition) is 7. The summed E-state index contributed by atoms with van der Waals surface area (Å²) in [7, 11) is -3.11. The maximum atomic E-state index is 11.7. The van der Waals surface area contributed by atoms with Crippen molar-refractivity contribution in [1.82, 2.24) is 0 Å². The van der Waals surface area contributed by atoms with Crippen molar-refractivity contribution in [3.8, 4) is 0 Å². The van der Waals surface area contributed by atoms with Crippen LogP contribution in [0, 0.1) is 11.8 Å². The Morgan fingerprint density at radius 3 is 1.96 bits per heavy atom. The van der Waals surface area contributed by atoms with E-state index < -0.39 is 65.7 Å². The normalized spacial score (nSPS) is 31.5. The first kappa shape index (κ1) is 23.3. The minimum absolute atomic E-state index is 0.122. The van der Waals surface area contributed by atoms with Crippen molar-refractivity contribution in [2.75, 3.05) is 13.2 Å². The van der Waals surface area contributed by atoms with Gasteiger partial charge in [-0.1, -0.05) is 6.10 Å². The molecule has 0 spiro atoms. The van der Waals surface area contributed by atoms with E-state index in [2.05, 4.69) is 0 Å². The molecule has 8 atom stereocenters. The second-order valence-corrected chi connectivity index (χ2v) is 6.02. The van der Waals surface area contributed by atoms with Crippen LogP contribution >= 0.6 is 0 Å². The molecule has 1 rings (SSSR count). The average molecular weight is 375 g/mol. The van der Waals surface area contributed by atoms with Crippen molar-refractivity contribution in [3.63, 3.8) is 0 Å². The molecular formula is C12H23O11S-. The van der Waals surface area contributed by atoms with Crippen LogP contribution < -0.4 is 5.11 Å². The van der Waals surface area contributed by atoms with E-state index in [4.69, 9.17) is 27.9 Å². The Hall–Kier alpha value is -0.700. The molecule has 144 valence electrons. The van der Waals surface area contributed by atoms with Gasteiger partial charge < -0.3 is 40.9 Å². The lowest BCUT2D eigenvalue weighted by Gasteiger charge is -2.36. The summed E-state index contributed by atoms with van der Waals surface area (Å²) in [5, 5.41) is 77.0. The van der Waals surface area contributed by atoms with Crippen molar-refractivity contribution in [1.29, 1.82) is 0 Å². The van der Waals surface area contributed by atoms with Gasteiger partial charge in [0.2, 0.25) is 0 Å². The Morgan fingerprint density at radius 2 is 1.54 bits per heavy atom. The monoisotopic (exact) mass is 375 g/mol. The van der Waals surface area contributed by atoms with Crippen molar-refractivity contribution in [2.24, 2.45) is 11.8 Å². The highest BCUT2D eigenvalue weighted by atomic mass is 32.2. The second-order valence-electron chi connectivity index (χ2n) is 5.61. The smallest absolute Gasteiger partial charge is 0.425 e. The Labute approximate surface area is 139 Å². The van der Waals surface area contributed by atoms with E-state index in [1.807, 2.05) is 0 Å². The van der Waals surface area contributed by atoms with Gasteiger partial charge in [-0.3, -0.25) is 0 Å². The molecule has 0 aromatic carbocycles. The Balaban J connectivity index is 0.00000118. The molecule has 0 saturated heterocycles. The highest BCUT2D eigenvalue weighted by Crippen LogP contribution is 2.35. The van der Waals surface area contributed by atoms with E-state index >= 15 is 0 Å². The molecule has 0 aliphatic heterocycles. The number of aliphatic hydroxyl groups is 7. The van der Waals surface area contributed by atoms with E-state index in [0.717, 1.165) is 0 Å². The van der Waals surface area contributed by atoms with Crippen molar-refractivity contribution in [2.45, 2.75) is 49.5 Å². The molecule has 0 amide bonds. The second kappa shape index (κ2) is 11.0. The van der Waals surface area contributed by atoms with Gasteiger partial charge in [0, 0.05) is 18.6 Å². The summed E-state index contributed by atoms with van der Waals surface area (Å²) in [5.41, 5.74) is 0. The molecule has 0 radical (unpaired) electrons. The molecule has 0 aromatic rings. The van der Waals surface area contributed by atoms with E-state index in [-0.39, 0.29) is 19.4 Å². The molecule has 12 heteroatoms. The molecule has 11 nitrogen and oxygen atoms in total. The van der Waals surface area contributed by atoms with E-state index in [0.29, 0.717) is 0 Å². The fourth-order valence-corrected chi connectivity index (χ4v) is 2.72. The predicted molar refractivity (Wildman–Crippen MR) is 73.9 cm³/mol. The lowest BCUT2D eigenvalue weighted by molar-refractivity contribution is -0.460. The highest BCUT2D eigenvalue weighted by Gasteiger charge is 2.42. The fourth-order valence-electron chi connectivity index (χ4n) is 2.72. The van der Waals surface area contributed by atoms with Gasteiger partial charge >= 0.3 is 10.6 Å². The Kier molecular flexibility index (Phi) is 10.7. The Bertz CT molecular complexity index is 448. The van der Waals surface area contributed by atoms with Gasteiger partial charge in [-0.25, -0.2) is 0 Å². The molecule has 24 heavy (non-hydrogen) atoms. The van der Waals surface area contributed by atoms with Gasteiger partial charge in [0.15, 0.2) is 0 Å². The van der Waals surface area contributed by atoms with Gasteiger partial charge in [-0.2, -0.15) is 0 Å². The van der Waals surface area contributed by atoms with E-state index in [9.17, 15) is 25.5 Å². The van der Waals surface area contributed by atoms with Gasteiger partial charge in [0.05, 0.1) is 24.9 Å². The van der Waals surface area contributed by atoms with Gasteiger partial charge in [0.25, 0.3) is 0 Å². The first-order valence-electron chi connectivity index (χ1n) is 7.11. The van der Waals surface area contributed by atoms with Crippen molar-refractivity contribution >= 4 is 10.6 Å².